The van der Waals surface area contributed by atoms with E-state index in [1.165, 1.54) is 0 Å². The average Bonchev–Trinajstić information content (AvgIpc) is 2.47. The van der Waals surface area contributed by atoms with Gasteiger partial charge in [-0.1, -0.05) is 13.3 Å². The summed E-state index contributed by atoms with van der Waals surface area (Å²) < 4.78 is 0. The summed E-state index contributed by atoms with van der Waals surface area (Å²) in [5.41, 5.74) is 5.29. The number of carbonyl (C=O) groups is 2. The van der Waals surface area contributed by atoms with E-state index in [9.17, 15) is 14.7 Å². The van der Waals surface area contributed by atoms with Crippen LogP contribution in [-0.4, -0.2) is 59.1 Å². The molecule has 0 spiro atoms. The van der Waals surface area contributed by atoms with Gasteiger partial charge in [-0.05, 0) is 32.1 Å². The lowest BCUT2D eigenvalue weighted by Crippen LogP contribution is -2.54. The normalized spacial score (nSPS) is 25.7. The maximum atomic E-state index is 12.5. The zero-order valence-corrected chi connectivity index (χ0v) is 12.9. The van der Waals surface area contributed by atoms with Crippen LogP contribution in [0.15, 0.2) is 0 Å². The molecule has 1 unspecified atom stereocenters. The van der Waals surface area contributed by atoms with Gasteiger partial charge < -0.3 is 20.6 Å². The van der Waals surface area contributed by atoms with Crippen LogP contribution in [0, 0.1) is 5.41 Å². The molecular weight excluding hydrogens is 270 g/mol. The Morgan fingerprint density at radius 3 is 2.43 bits per heavy atom. The van der Waals surface area contributed by atoms with E-state index in [0.717, 1.165) is 25.8 Å². The third kappa shape index (κ3) is 3.48. The molecule has 0 aromatic heterocycles. The lowest BCUT2D eigenvalue weighted by molar-refractivity contribution is -0.152. The molecule has 6 nitrogen and oxygen atoms in total. The Bertz CT molecular complexity index is 392. The molecule has 0 aromatic carbocycles. The van der Waals surface area contributed by atoms with E-state index in [1.54, 1.807) is 4.90 Å². The number of carboxylic acids is 1. The summed E-state index contributed by atoms with van der Waals surface area (Å²) >= 11 is 0. The highest BCUT2D eigenvalue weighted by molar-refractivity contribution is 5.77. The molecule has 1 atom stereocenters. The largest absolute Gasteiger partial charge is 0.481 e. The maximum absolute atomic E-state index is 12.5. The summed E-state index contributed by atoms with van der Waals surface area (Å²) in [6, 6.07) is 0.103. The lowest BCUT2D eigenvalue weighted by atomic mass is 9.75. The van der Waals surface area contributed by atoms with Crippen molar-refractivity contribution in [2.75, 3.05) is 26.2 Å². The van der Waals surface area contributed by atoms with Gasteiger partial charge in [-0.15, -0.1) is 0 Å². The van der Waals surface area contributed by atoms with E-state index in [4.69, 9.17) is 5.73 Å². The van der Waals surface area contributed by atoms with Crippen molar-refractivity contribution in [1.29, 1.82) is 0 Å². The number of nitrogens with two attached hydrogens (primary N) is 1. The van der Waals surface area contributed by atoms with Crippen molar-refractivity contribution >= 4 is 12.0 Å². The maximum Gasteiger partial charge on any atom is 0.320 e. The van der Waals surface area contributed by atoms with Gasteiger partial charge in [0.25, 0.3) is 0 Å². The van der Waals surface area contributed by atoms with Crippen molar-refractivity contribution in [1.82, 2.24) is 9.80 Å². The van der Waals surface area contributed by atoms with Crippen molar-refractivity contribution in [2.45, 2.75) is 51.5 Å². The molecule has 2 heterocycles. The van der Waals surface area contributed by atoms with Gasteiger partial charge in [0.1, 0.15) is 0 Å². The summed E-state index contributed by atoms with van der Waals surface area (Å²) in [6.45, 7) is 4.47. The third-order valence-corrected chi connectivity index (χ3v) is 4.90. The van der Waals surface area contributed by atoms with Crippen molar-refractivity contribution in [3.63, 3.8) is 0 Å². The Morgan fingerprint density at radius 1 is 1.24 bits per heavy atom. The van der Waals surface area contributed by atoms with Gasteiger partial charge in [-0.2, -0.15) is 0 Å². The fourth-order valence-electron chi connectivity index (χ4n) is 3.56. The van der Waals surface area contributed by atoms with E-state index in [0.29, 0.717) is 38.9 Å². The van der Waals surface area contributed by atoms with Crippen molar-refractivity contribution in [2.24, 2.45) is 11.1 Å². The molecule has 2 aliphatic heterocycles. The van der Waals surface area contributed by atoms with Crippen LogP contribution in [0.1, 0.15) is 45.4 Å². The van der Waals surface area contributed by atoms with Crippen molar-refractivity contribution in [3.05, 3.63) is 0 Å². The zero-order chi connectivity index (χ0) is 15.5. The number of piperidine rings is 2. The molecule has 6 heteroatoms. The fraction of sp³-hybridized carbons (Fsp3) is 0.867. The van der Waals surface area contributed by atoms with Crippen LogP contribution in [0.2, 0.25) is 0 Å². The highest BCUT2D eigenvalue weighted by atomic mass is 16.4. The van der Waals surface area contributed by atoms with Crippen LogP contribution >= 0.6 is 0 Å². The summed E-state index contributed by atoms with van der Waals surface area (Å²) in [4.78, 5) is 27.7. The van der Waals surface area contributed by atoms with Crippen molar-refractivity contribution in [3.8, 4) is 0 Å². The van der Waals surface area contributed by atoms with Crippen LogP contribution in [-0.2, 0) is 4.79 Å². The summed E-state index contributed by atoms with van der Waals surface area (Å²) in [7, 11) is 0. The van der Waals surface area contributed by atoms with Crippen LogP contribution in [0.5, 0.6) is 0 Å². The molecule has 2 rings (SSSR count). The van der Waals surface area contributed by atoms with Crippen molar-refractivity contribution < 1.29 is 14.7 Å². The summed E-state index contributed by atoms with van der Waals surface area (Å²) in [6.07, 6.45) is 4.60. The van der Waals surface area contributed by atoms with E-state index in [1.807, 2.05) is 11.8 Å². The number of likely N-dealkylation sites (tertiary alicyclic amines) is 2. The highest BCUT2D eigenvalue weighted by Crippen LogP contribution is 2.36. The molecule has 0 bridgehead atoms. The number of carboxylic acid groups (broad SMARTS) is 1. The van der Waals surface area contributed by atoms with Gasteiger partial charge in [-0.3, -0.25) is 4.79 Å². The predicted octanol–water partition coefficient (Wildman–Crippen LogP) is 1.50. The summed E-state index contributed by atoms with van der Waals surface area (Å²) in [5, 5.41) is 9.50. The highest BCUT2D eigenvalue weighted by Gasteiger charge is 2.42. The van der Waals surface area contributed by atoms with E-state index in [-0.39, 0.29) is 12.1 Å². The fourth-order valence-corrected chi connectivity index (χ4v) is 3.56. The summed E-state index contributed by atoms with van der Waals surface area (Å²) in [5.74, 6) is -0.712. The molecule has 0 aromatic rings. The Labute approximate surface area is 126 Å². The first-order valence-electron chi connectivity index (χ1n) is 8.01. The molecule has 3 N–H and O–H groups in total. The number of nitrogens with zero attached hydrogens (tertiary/aromatic N) is 2. The smallest absolute Gasteiger partial charge is 0.320 e. The number of hydrogen-bond acceptors (Lipinski definition) is 3. The molecule has 2 fully saturated rings. The predicted molar refractivity (Wildman–Crippen MR) is 80.0 cm³/mol. The number of rotatable bonds is 3. The first kappa shape index (κ1) is 16.1. The molecule has 120 valence electrons. The minimum atomic E-state index is -0.712. The van der Waals surface area contributed by atoms with Gasteiger partial charge in [0.2, 0.25) is 0 Å². The Balaban J connectivity index is 1.93. The molecule has 2 saturated heterocycles. The minimum Gasteiger partial charge on any atom is -0.481 e. The molecule has 0 saturated carbocycles. The Morgan fingerprint density at radius 2 is 1.90 bits per heavy atom. The lowest BCUT2D eigenvalue weighted by Gasteiger charge is -2.41. The molecule has 2 aliphatic rings. The second-order valence-electron chi connectivity index (χ2n) is 6.45. The molecular formula is C15H27N3O3. The minimum absolute atomic E-state index is 0.0284. The monoisotopic (exact) mass is 297 g/mol. The van der Waals surface area contributed by atoms with Gasteiger partial charge in [0, 0.05) is 32.2 Å². The van der Waals surface area contributed by atoms with E-state index < -0.39 is 11.4 Å². The van der Waals surface area contributed by atoms with Gasteiger partial charge in [-0.25, -0.2) is 4.79 Å². The van der Waals surface area contributed by atoms with Crippen LogP contribution in [0.4, 0.5) is 4.79 Å². The Kier molecular flexibility index (Phi) is 5.08. The van der Waals surface area contributed by atoms with Gasteiger partial charge >= 0.3 is 12.0 Å². The standard InChI is InChI=1S/C15H27N3O3/c1-2-5-15(13(19)20)6-9-17(10-7-15)14(21)18-8-3-4-12(16)11-18/h12H,2-11,16H2,1H3,(H,19,20). The number of carbonyl (C=O) groups excluding carboxylic acids is 1. The molecule has 0 aliphatic carbocycles. The number of hydrogen-bond donors (Lipinski definition) is 2. The third-order valence-electron chi connectivity index (χ3n) is 4.90. The van der Waals surface area contributed by atoms with Crippen LogP contribution in [0.25, 0.3) is 0 Å². The SMILES string of the molecule is CCCC1(C(=O)O)CCN(C(=O)N2CCCC(N)C2)CC1. The zero-order valence-electron chi connectivity index (χ0n) is 12.9. The molecule has 21 heavy (non-hydrogen) atoms. The van der Waals surface area contributed by atoms with Crippen LogP contribution in [0.3, 0.4) is 0 Å². The quantitative estimate of drug-likeness (QED) is 0.826. The molecule has 0 radical (unpaired) electrons. The van der Waals surface area contributed by atoms with E-state index >= 15 is 0 Å². The van der Waals surface area contributed by atoms with E-state index in [2.05, 4.69) is 0 Å². The van der Waals surface area contributed by atoms with Gasteiger partial charge in [0.15, 0.2) is 0 Å². The second-order valence-corrected chi connectivity index (χ2v) is 6.45. The average molecular weight is 297 g/mol. The second kappa shape index (κ2) is 6.64. The van der Waals surface area contributed by atoms with Gasteiger partial charge in [0.05, 0.1) is 5.41 Å². The number of urea groups is 1. The number of aliphatic carboxylic acids is 1. The van der Waals surface area contributed by atoms with Crippen LogP contribution < -0.4 is 5.73 Å². The topological polar surface area (TPSA) is 86.9 Å². The Hall–Kier alpha value is -1.30. The molecule has 2 amide bonds. The number of amides is 2. The first-order chi connectivity index (χ1) is 9.98. The first-order valence-corrected chi connectivity index (χ1v) is 8.01.